The molecule has 0 saturated carbocycles. The van der Waals surface area contributed by atoms with E-state index in [0.29, 0.717) is 0 Å². The second-order valence-corrected chi connectivity index (χ2v) is 4.87. The molecule has 0 fully saturated rings. The zero-order valence-electron chi connectivity index (χ0n) is 15.3. The van der Waals surface area contributed by atoms with Crippen LogP contribution >= 0.6 is 0 Å². The van der Waals surface area contributed by atoms with Gasteiger partial charge in [-0.15, -0.1) is 0 Å². The fourth-order valence-corrected chi connectivity index (χ4v) is 2.05. The summed E-state index contributed by atoms with van der Waals surface area (Å²) >= 11 is 0. The Labute approximate surface area is 142 Å². The lowest BCUT2D eigenvalue weighted by molar-refractivity contribution is 1.47. The van der Waals surface area contributed by atoms with Crippen molar-refractivity contribution in [3.05, 3.63) is 90.6 Å². The monoisotopic (exact) mass is 306 g/mol. The van der Waals surface area contributed by atoms with Crippen LogP contribution in [0.3, 0.4) is 0 Å². The lowest BCUT2D eigenvalue weighted by Crippen LogP contribution is -1.83. The third-order valence-electron chi connectivity index (χ3n) is 3.22. The largest absolute Gasteiger partial charge is 0.0991 e. The first-order chi connectivity index (χ1) is 11.1. The quantitative estimate of drug-likeness (QED) is 0.514. The number of rotatable bonds is 3. The Balaban J connectivity index is 0.000000460. The topological polar surface area (TPSA) is 0 Å². The van der Waals surface area contributed by atoms with Crippen LogP contribution < -0.4 is 0 Å². The smallest absolute Gasteiger partial charge is 0.0109 e. The molecule has 0 spiro atoms. The predicted molar refractivity (Wildman–Crippen MR) is 109 cm³/mol. The molecule has 0 bridgehead atoms. The molecule has 0 unspecified atom stereocenters. The van der Waals surface area contributed by atoms with Gasteiger partial charge in [0.25, 0.3) is 0 Å². The first-order valence-corrected chi connectivity index (χ1v) is 8.16. The molecule has 0 aliphatic carbocycles. The number of allylic oxidation sites excluding steroid dienone is 5. The minimum Gasteiger partial charge on any atom is -0.0991 e. The number of hydrogen-bond acceptors (Lipinski definition) is 0. The van der Waals surface area contributed by atoms with E-state index in [4.69, 9.17) is 0 Å². The molecule has 0 N–H and O–H groups in total. The molecule has 2 rings (SSSR count). The van der Waals surface area contributed by atoms with Crippen molar-refractivity contribution in [2.24, 2.45) is 0 Å². The number of fused-ring (bicyclic) bond motifs is 1. The highest BCUT2D eigenvalue weighted by atomic mass is 14.0. The maximum atomic E-state index is 3.56. The summed E-state index contributed by atoms with van der Waals surface area (Å²) in [5, 5.41) is 2.65. The van der Waals surface area contributed by atoms with Gasteiger partial charge in [0.05, 0.1) is 0 Å². The van der Waals surface area contributed by atoms with Gasteiger partial charge in [-0.3, -0.25) is 0 Å². The molecule has 2 aromatic rings. The van der Waals surface area contributed by atoms with Crippen molar-refractivity contribution in [1.29, 1.82) is 0 Å². The molecule has 0 radical (unpaired) electrons. The summed E-state index contributed by atoms with van der Waals surface area (Å²) in [5.74, 6) is 0. The van der Waals surface area contributed by atoms with Crippen LogP contribution in [0.4, 0.5) is 0 Å². The average Bonchev–Trinajstić information content (AvgIpc) is 2.60. The first-order valence-electron chi connectivity index (χ1n) is 8.16. The Bertz CT molecular complexity index is 669. The lowest BCUT2D eigenvalue weighted by Gasteiger charge is -2.05. The van der Waals surface area contributed by atoms with Crippen molar-refractivity contribution < 1.29 is 0 Å². The minimum atomic E-state index is 1.15. The van der Waals surface area contributed by atoms with E-state index >= 15 is 0 Å². The van der Waals surface area contributed by atoms with E-state index in [1.54, 1.807) is 12.2 Å². The number of benzene rings is 2. The van der Waals surface area contributed by atoms with Crippen molar-refractivity contribution >= 4 is 16.8 Å². The van der Waals surface area contributed by atoms with Gasteiger partial charge in [-0.1, -0.05) is 99.4 Å². The number of aryl methyl sites for hydroxylation is 1. The van der Waals surface area contributed by atoms with Gasteiger partial charge < -0.3 is 0 Å². The van der Waals surface area contributed by atoms with Crippen LogP contribution in [-0.2, 0) is 0 Å². The molecule has 0 heterocycles. The Morgan fingerprint density at radius 1 is 1.00 bits per heavy atom. The molecule has 0 amide bonds. The third-order valence-corrected chi connectivity index (χ3v) is 3.22. The maximum Gasteiger partial charge on any atom is -0.0109 e. The van der Waals surface area contributed by atoms with Gasteiger partial charge in [-0.05, 0) is 42.7 Å². The molecule has 0 aromatic heterocycles. The van der Waals surface area contributed by atoms with Crippen molar-refractivity contribution in [3.63, 3.8) is 0 Å². The number of hydrogen-bond donors (Lipinski definition) is 0. The Kier molecular flexibility index (Phi) is 11.0. The summed E-state index contributed by atoms with van der Waals surface area (Å²) < 4.78 is 0. The van der Waals surface area contributed by atoms with E-state index in [1.165, 1.54) is 21.9 Å². The fourth-order valence-electron chi connectivity index (χ4n) is 2.05. The fraction of sp³-hybridized carbons (Fsp3) is 0.217. The summed E-state index contributed by atoms with van der Waals surface area (Å²) in [6.07, 6.45) is 9.72. The first kappa shape index (κ1) is 20.7. The van der Waals surface area contributed by atoms with Crippen LogP contribution in [0.25, 0.3) is 16.8 Å². The van der Waals surface area contributed by atoms with Crippen LogP contribution in [-0.4, -0.2) is 0 Å². The zero-order chi connectivity index (χ0) is 17.7. The van der Waals surface area contributed by atoms with Crippen molar-refractivity contribution in [3.8, 4) is 0 Å². The molecule has 0 saturated heterocycles. The molecule has 0 aliphatic rings. The Hall–Kier alpha value is -2.34. The summed E-state index contributed by atoms with van der Waals surface area (Å²) in [5.41, 5.74) is 3.82. The Morgan fingerprint density at radius 2 is 1.65 bits per heavy atom. The summed E-state index contributed by atoms with van der Waals surface area (Å²) in [6.45, 7) is 17.3. The van der Waals surface area contributed by atoms with E-state index in [2.05, 4.69) is 75.6 Å². The van der Waals surface area contributed by atoms with E-state index < -0.39 is 0 Å². The van der Waals surface area contributed by atoms with E-state index in [9.17, 15) is 0 Å². The van der Waals surface area contributed by atoms with E-state index in [1.807, 2.05) is 26.8 Å². The molecule has 23 heavy (non-hydrogen) atoms. The summed E-state index contributed by atoms with van der Waals surface area (Å²) in [6, 6.07) is 12.9. The normalized spacial score (nSPS) is 10.4. The van der Waals surface area contributed by atoms with Gasteiger partial charge in [0.1, 0.15) is 0 Å². The van der Waals surface area contributed by atoms with Gasteiger partial charge in [0.2, 0.25) is 0 Å². The minimum absolute atomic E-state index is 1.15. The highest BCUT2D eigenvalue weighted by Crippen LogP contribution is 2.23. The van der Waals surface area contributed by atoms with Crippen LogP contribution in [0.5, 0.6) is 0 Å². The van der Waals surface area contributed by atoms with Crippen LogP contribution in [0, 0.1) is 6.92 Å². The SMILES string of the molecule is C/C=C\c1c(C)ccc2ccccc12.C=C/C=C(/C)C=C.CC. The molecule has 0 atom stereocenters. The molecular weight excluding hydrogens is 276 g/mol. The molecule has 0 heteroatoms. The van der Waals surface area contributed by atoms with E-state index in [-0.39, 0.29) is 0 Å². The van der Waals surface area contributed by atoms with Crippen molar-refractivity contribution in [2.45, 2.75) is 34.6 Å². The molecule has 122 valence electrons. The molecular formula is C23H30. The summed E-state index contributed by atoms with van der Waals surface area (Å²) in [4.78, 5) is 0. The summed E-state index contributed by atoms with van der Waals surface area (Å²) in [7, 11) is 0. The van der Waals surface area contributed by atoms with Crippen LogP contribution in [0.15, 0.2) is 79.4 Å². The highest BCUT2D eigenvalue weighted by molar-refractivity contribution is 5.91. The van der Waals surface area contributed by atoms with Crippen LogP contribution in [0.2, 0.25) is 0 Å². The maximum absolute atomic E-state index is 3.56. The molecule has 0 nitrogen and oxygen atoms in total. The highest BCUT2D eigenvalue weighted by Gasteiger charge is 1.99. The second kappa shape index (κ2) is 12.2. The van der Waals surface area contributed by atoms with Crippen molar-refractivity contribution in [2.75, 3.05) is 0 Å². The van der Waals surface area contributed by atoms with E-state index in [0.717, 1.165) is 5.57 Å². The van der Waals surface area contributed by atoms with Gasteiger partial charge in [-0.2, -0.15) is 0 Å². The standard InChI is InChI=1S/C14H14.C7H10.C2H6/c1-3-6-13-11(2)9-10-12-7-4-5-8-14(12)13;1-4-6-7(3)5-2;1-2/h3-10H,1-2H3;4-6H,1-2H2,3H3;1-2H3/b6-3-;7-6-;. The molecule has 0 aliphatic heterocycles. The lowest BCUT2D eigenvalue weighted by atomic mass is 9.99. The van der Waals surface area contributed by atoms with Gasteiger partial charge in [0, 0.05) is 0 Å². The average molecular weight is 306 g/mol. The van der Waals surface area contributed by atoms with Gasteiger partial charge in [-0.25, -0.2) is 0 Å². The van der Waals surface area contributed by atoms with Crippen molar-refractivity contribution in [1.82, 2.24) is 0 Å². The van der Waals surface area contributed by atoms with Gasteiger partial charge in [0.15, 0.2) is 0 Å². The third kappa shape index (κ3) is 6.97. The van der Waals surface area contributed by atoms with Crippen LogP contribution in [0.1, 0.15) is 38.8 Å². The predicted octanol–water partition coefficient (Wildman–Crippen LogP) is 7.51. The van der Waals surface area contributed by atoms with Gasteiger partial charge >= 0.3 is 0 Å². The zero-order valence-corrected chi connectivity index (χ0v) is 15.3. The Morgan fingerprint density at radius 3 is 2.17 bits per heavy atom. The molecule has 2 aromatic carbocycles. The second-order valence-electron chi connectivity index (χ2n) is 4.87.